The fourth-order valence-electron chi connectivity index (χ4n) is 2.45. The first-order valence-electron chi connectivity index (χ1n) is 7.13. The van der Waals surface area contributed by atoms with Crippen molar-refractivity contribution in [1.82, 2.24) is 15.5 Å². The maximum atomic E-state index is 13.6. The number of amides is 1. The first-order chi connectivity index (χ1) is 9.66. The number of nitrogens with zero attached hydrogens (tertiary/aromatic N) is 1. The van der Waals surface area contributed by atoms with E-state index in [0.717, 1.165) is 32.6 Å². The molecule has 1 aromatic rings. The predicted molar refractivity (Wildman–Crippen MR) is 76.9 cm³/mol. The van der Waals surface area contributed by atoms with Gasteiger partial charge < -0.3 is 10.6 Å². The van der Waals surface area contributed by atoms with Gasteiger partial charge in [0.05, 0.1) is 12.6 Å². The third kappa shape index (κ3) is 4.28. The van der Waals surface area contributed by atoms with Crippen molar-refractivity contribution in [3.8, 4) is 0 Å². The Morgan fingerprint density at radius 1 is 1.40 bits per heavy atom. The van der Waals surface area contributed by atoms with Crippen LogP contribution < -0.4 is 10.6 Å². The van der Waals surface area contributed by atoms with Gasteiger partial charge in [0.25, 0.3) is 0 Å². The third-order valence-corrected chi connectivity index (χ3v) is 3.55. The molecule has 0 unspecified atom stereocenters. The molecule has 0 radical (unpaired) electrons. The van der Waals surface area contributed by atoms with Gasteiger partial charge in [0, 0.05) is 18.7 Å². The number of hydrogen-bond donors (Lipinski definition) is 2. The molecule has 5 heteroatoms. The molecule has 1 aliphatic rings. The second-order valence-electron chi connectivity index (χ2n) is 5.19. The van der Waals surface area contributed by atoms with Crippen LogP contribution in [-0.2, 0) is 4.79 Å². The molecule has 0 bridgehead atoms. The van der Waals surface area contributed by atoms with Crippen molar-refractivity contribution in [1.29, 1.82) is 0 Å². The van der Waals surface area contributed by atoms with Gasteiger partial charge in [-0.05, 0) is 32.5 Å². The van der Waals surface area contributed by atoms with Gasteiger partial charge in [-0.1, -0.05) is 18.2 Å². The summed E-state index contributed by atoms with van der Waals surface area (Å²) >= 11 is 0. The average Bonchev–Trinajstić information content (AvgIpc) is 2.67. The molecule has 1 saturated heterocycles. The Balaban J connectivity index is 1.86. The summed E-state index contributed by atoms with van der Waals surface area (Å²) in [5.74, 6) is -0.332. The molecule has 0 spiro atoms. The van der Waals surface area contributed by atoms with Crippen molar-refractivity contribution in [2.24, 2.45) is 0 Å². The smallest absolute Gasteiger partial charge is 0.234 e. The highest BCUT2D eigenvalue weighted by Crippen LogP contribution is 2.15. The molecule has 1 atom stereocenters. The summed E-state index contributed by atoms with van der Waals surface area (Å²) in [6, 6.07) is 6.24. The van der Waals surface area contributed by atoms with Crippen LogP contribution in [0.4, 0.5) is 4.39 Å². The number of hydrogen-bond acceptors (Lipinski definition) is 3. The van der Waals surface area contributed by atoms with Crippen molar-refractivity contribution in [3.63, 3.8) is 0 Å². The molecule has 1 aliphatic heterocycles. The number of carbonyl (C=O) groups excluding carboxylic acids is 1. The topological polar surface area (TPSA) is 44.4 Å². The van der Waals surface area contributed by atoms with Crippen LogP contribution in [0.1, 0.15) is 24.9 Å². The molecule has 20 heavy (non-hydrogen) atoms. The Morgan fingerprint density at radius 2 is 2.20 bits per heavy atom. The number of nitrogens with one attached hydrogen (secondary N) is 2. The molecular weight excluding hydrogens is 257 g/mol. The van der Waals surface area contributed by atoms with E-state index >= 15 is 0 Å². The van der Waals surface area contributed by atoms with E-state index < -0.39 is 0 Å². The van der Waals surface area contributed by atoms with Gasteiger partial charge in [-0.25, -0.2) is 4.39 Å². The molecule has 1 fully saturated rings. The highest BCUT2D eigenvalue weighted by atomic mass is 19.1. The van der Waals surface area contributed by atoms with Gasteiger partial charge in [-0.3, -0.25) is 9.69 Å². The molecule has 2 rings (SSSR count). The van der Waals surface area contributed by atoms with Crippen molar-refractivity contribution in [2.45, 2.75) is 19.4 Å². The largest absolute Gasteiger partial charge is 0.348 e. The lowest BCUT2D eigenvalue weighted by molar-refractivity contribution is -0.122. The summed E-state index contributed by atoms with van der Waals surface area (Å²) in [5, 5.41) is 6.17. The Kier molecular flexibility index (Phi) is 5.49. The van der Waals surface area contributed by atoms with Crippen molar-refractivity contribution < 1.29 is 9.18 Å². The summed E-state index contributed by atoms with van der Waals surface area (Å²) < 4.78 is 13.6. The minimum atomic E-state index is -0.311. The molecule has 1 amide bonds. The number of halogens is 1. The summed E-state index contributed by atoms with van der Waals surface area (Å²) in [6.07, 6.45) is 1.05. The molecule has 110 valence electrons. The average molecular weight is 279 g/mol. The first-order valence-corrected chi connectivity index (χ1v) is 7.13. The summed E-state index contributed by atoms with van der Waals surface area (Å²) in [7, 11) is 0. The normalized spacial score (nSPS) is 18.3. The SMILES string of the molecule is C[C@@H](NC(=O)CN1CCCNCC1)c1ccccc1F. The van der Waals surface area contributed by atoms with Gasteiger partial charge in [0.15, 0.2) is 0 Å². The summed E-state index contributed by atoms with van der Waals surface area (Å²) in [4.78, 5) is 14.2. The van der Waals surface area contributed by atoms with E-state index in [1.54, 1.807) is 25.1 Å². The second kappa shape index (κ2) is 7.36. The molecule has 2 N–H and O–H groups in total. The zero-order valence-corrected chi connectivity index (χ0v) is 11.9. The van der Waals surface area contributed by atoms with E-state index in [2.05, 4.69) is 15.5 Å². The van der Waals surface area contributed by atoms with E-state index in [-0.39, 0.29) is 17.8 Å². The van der Waals surface area contributed by atoms with Crippen LogP contribution in [0.5, 0.6) is 0 Å². The molecule has 4 nitrogen and oxygen atoms in total. The molecule has 0 aliphatic carbocycles. The zero-order chi connectivity index (χ0) is 14.4. The predicted octanol–water partition coefficient (Wildman–Crippen LogP) is 1.30. The van der Waals surface area contributed by atoms with Crippen LogP contribution in [0.3, 0.4) is 0 Å². The summed E-state index contributed by atoms with van der Waals surface area (Å²) in [5.41, 5.74) is 0.526. The first kappa shape index (κ1) is 14.9. The Labute approximate surface area is 119 Å². The lowest BCUT2D eigenvalue weighted by Gasteiger charge is -2.21. The number of carbonyl (C=O) groups is 1. The number of rotatable bonds is 4. The second-order valence-corrected chi connectivity index (χ2v) is 5.19. The summed E-state index contributed by atoms with van der Waals surface area (Å²) in [6.45, 7) is 5.90. The van der Waals surface area contributed by atoms with Crippen LogP contribution in [0.25, 0.3) is 0 Å². The standard InChI is InChI=1S/C15H22FN3O/c1-12(13-5-2-3-6-14(13)16)18-15(20)11-19-9-4-7-17-8-10-19/h2-3,5-6,12,17H,4,7-11H2,1H3,(H,18,20)/t12-/m1/s1. The lowest BCUT2D eigenvalue weighted by atomic mass is 10.1. The molecule has 1 aromatic carbocycles. The van der Waals surface area contributed by atoms with Gasteiger partial charge in [-0.15, -0.1) is 0 Å². The minimum Gasteiger partial charge on any atom is -0.348 e. The van der Waals surface area contributed by atoms with E-state index in [4.69, 9.17) is 0 Å². The van der Waals surface area contributed by atoms with Crippen LogP contribution in [0, 0.1) is 5.82 Å². The van der Waals surface area contributed by atoms with Crippen molar-refractivity contribution >= 4 is 5.91 Å². The maximum absolute atomic E-state index is 13.6. The Hall–Kier alpha value is -1.46. The lowest BCUT2D eigenvalue weighted by Crippen LogP contribution is -2.39. The third-order valence-electron chi connectivity index (χ3n) is 3.55. The highest BCUT2D eigenvalue weighted by Gasteiger charge is 2.16. The van der Waals surface area contributed by atoms with Gasteiger partial charge in [-0.2, -0.15) is 0 Å². The van der Waals surface area contributed by atoms with Gasteiger partial charge in [0.2, 0.25) is 5.91 Å². The van der Waals surface area contributed by atoms with E-state index in [9.17, 15) is 9.18 Å². The monoisotopic (exact) mass is 279 g/mol. The van der Waals surface area contributed by atoms with Crippen LogP contribution in [0.2, 0.25) is 0 Å². The van der Waals surface area contributed by atoms with E-state index in [0.29, 0.717) is 12.1 Å². The molecule has 0 saturated carbocycles. The van der Waals surface area contributed by atoms with Crippen molar-refractivity contribution in [3.05, 3.63) is 35.6 Å². The van der Waals surface area contributed by atoms with Crippen LogP contribution in [0.15, 0.2) is 24.3 Å². The van der Waals surface area contributed by atoms with Gasteiger partial charge in [0.1, 0.15) is 5.82 Å². The maximum Gasteiger partial charge on any atom is 0.234 e. The fourth-order valence-corrected chi connectivity index (χ4v) is 2.45. The fraction of sp³-hybridized carbons (Fsp3) is 0.533. The quantitative estimate of drug-likeness (QED) is 0.873. The Morgan fingerprint density at radius 3 is 3.00 bits per heavy atom. The van der Waals surface area contributed by atoms with Crippen LogP contribution in [-0.4, -0.2) is 43.5 Å². The molecule has 0 aromatic heterocycles. The van der Waals surface area contributed by atoms with Crippen LogP contribution >= 0.6 is 0 Å². The van der Waals surface area contributed by atoms with Crippen molar-refractivity contribution in [2.75, 3.05) is 32.7 Å². The van der Waals surface area contributed by atoms with E-state index in [1.165, 1.54) is 6.07 Å². The minimum absolute atomic E-state index is 0.0531. The number of benzene rings is 1. The highest BCUT2D eigenvalue weighted by molar-refractivity contribution is 5.78. The van der Waals surface area contributed by atoms with Gasteiger partial charge >= 0.3 is 0 Å². The molecular formula is C15H22FN3O. The zero-order valence-electron chi connectivity index (χ0n) is 11.9. The Bertz CT molecular complexity index is 444. The molecule has 1 heterocycles. The van der Waals surface area contributed by atoms with E-state index in [1.807, 2.05) is 0 Å².